The Hall–Kier alpha value is -7.07. The van der Waals surface area contributed by atoms with Gasteiger partial charge in [0.15, 0.2) is 22.9 Å². The lowest BCUT2D eigenvalue weighted by molar-refractivity contribution is -0.136. The highest BCUT2D eigenvalue weighted by Gasteiger charge is 2.20. The summed E-state index contributed by atoms with van der Waals surface area (Å²) in [7, 11) is 0. The largest absolute Gasteiger partial charge is 0.505 e. The number of carbonyl (C=O) groups excluding carboxylic acids is 2. The van der Waals surface area contributed by atoms with E-state index < -0.39 is 54.1 Å². The van der Waals surface area contributed by atoms with Crippen molar-refractivity contribution in [3.05, 3.63) is 119 Å². The Morgan fingerprint density at radius 2 is 1.08 bits per heavy atom. The van der Waals surface area contributed by atoms with Crippen molar-refractivity contribution in [3.8, 4) is 34.5 Å². The van der Waals surface area contributed by atoms with E-state index in [0.717, 1.165) is 0 Å². The minimum atomic E-state index is -1.25. The molecule has 2 heterocycles. The van der Waals surface area contributed by atoms with Gasteiger partial charge in [0.05, 0.1) is 0 Å². The van der Waals surface area contributed by atoms with Gasteiger partial charge in [-0.15, -0.1) is 0 Å². The van der Waals surface area contributed by atoms with E-state index in [4.69, 9.17) is 31.3 Å². The summed E-state index contributed by atoms with van der Waals surface area (Å²) in [5, 5.41) is 43.5. The summed E-state index contributed by atoms with van der Waals surface area (Å²) in [6.45, 7) is -1.22. The Labute approximate surface area is 301 Å². The average Bonchev–Trinajstić information content (AvgIpc) is 3.13. The number of nitrogens with one attached hydrogen (secondary N) is 2. The van der Waals surface area contributed by atoms with Gasteiger partial charge in [-0.3, -0.25) is 19.2 Å². The minimum absolute atomic E-state index is 0.0448. The first kappa shape index (κ1) is 37.2. The molecule has 2 amide bonds. The van der Waals surface area contributed by atoms with E-state index in [-0.39, 0.29) is 27.8 Å². The quantitative estimate of drug-likeness (QED) is 0.0887. The Morgan fingerprint density at radius 1 is 0.623 bits per heavy atom. The summed E-state index contributed by atoms with van der Waals surface area (Å²) in [6, 6.07) is 20.1. The van der Waals surface area contributed by atoms with Crippen molar-refractivity contribution in [2.24, 2.45) is 0 Å². The number of ether oxygens (including phenoxy) is 2. The number of carboxylic acids is 2. The molecule has 0 unspecified atom stereocenters. The number of benzene rings is 4. The van der Waals surface area contributed by atoms with E-state index in [0.29, 0.717) is 39.2 Å². The van der Waals surface area contributed by atoms with Crippen LogP contribution in [0.3, 0.4) is 0 Å². The monoisotopic (exact) mass is 746 g/mol. The van der Waals surface area contributed by atoms with Crippen LogP contribution in [-0.4, -0.2) is 67.2 Å². The fraction of sp³-hybridized carbons (Fsp3) is 0.0556. The van der Waals surface area contributed by atoms with Crippen LogP contribution in [0.25, 0.3) is 21.5 Å². The summed E-state index contributed by atoms with van der Waals surface area (Å²) in [5.74, 6) is -4.19. The van der Waals surface area contributed by atoms with Crippen LogP contribution in [0, 0.1) is 11.6 Å². The zero-order chi connectivity index (χ0) is 38.2. The maximum absolute atomic E-state index is 13.0. The first-order chi connectivity index (χ1) is 25.3. The normalized spacial score (nSPS) is 10.5. The molecule has 6 rings (SSSR count). The number of carboxylic acid groups (broad SMARTS) is 2. The second-order valence-corrected chi connectivity index (χ2v) is 11.1. The van der Waals surface area contributed by atoms with Gasteiger partial charge < -0.3 is 40.5 Å². The van der Waals surface area contributed by atoms with E-state index >= 15 is 0 Å². The van der Waals surface area contributed by atoms with Crippen molar-refractivity contribution in [1.82, 2.24) is 20.6 Å². The highest BCUT2D eigenvalue weighted by Crippen LogP contribution is 2.36. The molecule has 0 aliphatic rings. The number of carbonyl (C=O) groups is 4. The molecule has 0 radical (unpaired) electrons. The van der Waals surface area contributed by atoms with Crippen LogP contribution in [0.15, 0.2) is 91.1 Å². The lowest BCUT2D eigenvalue weighted by atomic mass is 10.1. The van der Waals surface area contributed by atoms with Gasteiger partial charge in [-0.25, -0.2) is 18.7 Å². The van der Waals surface area contributed by atoms with E-state index in [1.165, 1.54) is 60.8 Å². The third-order valence-electron chi connectivity index (χ3n) is 7.07. The van der Waals surface area contributed by atoms with E-state index in [9.17, 15) is 38.2 Å². The highest BCUT2D eigenvalue weighted by molar-refractivity contribution is 6.35. The standard InChI is InChI=1S/C18H12ClFN2O5.C18H13FN2O5/c19-17-12-6-5-11(27-10-3-1-9(20)2-4-10)7-13(12)16(25)15(22-17)18(26)21-8-14(23)24;19-11-1-3-12(4-2-11)26-13-5-6-14-10(7-13)8-20-16(17(14)24)18(25)21-9-15(22)23/h1-7,25H,8H2,(H,21,26)(H,23,24);1-8,24H,9H2,(H,21,25)(H,22,23). The first-order valence-electron chi connectivity index (χ1n) is 15.1. The third-order valence-corrected chi connectivity index (χ3v) is 7.36. The predicted octanol–water partition coefficient (Wildman–Crippen LogP) is 6.03. The Bertz CT molecular complexity index is 2360. The van der Waals surface area contributed by atoms with Crippen LogP contribution < -0.4 is 20.1 Å². The van der Waals surface area contributed by atoms with Crippen LogP contribution in [0.5, 0.6) is 34.5 Å². The summed E-state index contributed by atoms with van der Waals surface area (Å²) >= 11 is 6.07. The SMILES string of the molecule is O=C(O)CNC(=O)c1nc(Cl)c2ccc(Oc3ccc(F)cc3)cc2c1O.O=C(O)CNC(=O)c1ncc2cc(Oc3ccc(F)cc3)ccc2c1O. The van der Waals surface area contributed by atoms with Crippen LogP contribution in [-0.2, 0) is 9.59 Å². The van der Waals surface area contributed by atoms with Crippen molar-refractivity contribution < 1.29 is 57.9 Å². The average molecular weight is 747 g/mol. The number of nitrogens with zero attached hydrogens (tertiary/aromatic N) is 2. The van der Waals surface area contributed by atoms with Crippen LogP contribution in [0.2, 0.25) is 5.15 Å². The molecule has 2 aromatic heterocycles. The van der Waals surface area contributed by atoms with Crippen molar-refractivity contribution >= 4 is 56.9 Å². The number of aromatic nitrogens is 2. The number of fused-ring (bicyclic) bond motifs is 2. The first-order valence-corrected chi connectivity index (χ1v) is 15.5. The summed E-state index contributed by atoms with van der Waals surface area (Å²) < 4.78 is 37.1. The van der Waals surface area contributed by atoms with Crippen LogP contribution >= 0.6 is 11.6 Å². The molecule has 0 saturated heterocycles. The molecule has 0 spiro atoms. The van der Waals surface area contributed by atoms with Crippen molar-refractivity contribution in [1.29, 1.82) is 0 Å². The summed E-state index contributed by atoms with van der Waals surface area (Å²) in [6.07, 6.45) is 1.36. The molecule has 0 fully saturated rings. The second-order valence-electron chi connectivity index (χ2n) is 10.8. The van der Waals surface area contributed by atoms with Gasteiger partial charge in [-0.2, -0.15) is 0 Å². The fourth-order valence-corrected chi connectivity index (χ4v) is 4.88. The van der Waals surface area contributed by atoms with Crippen molar-refractivity contribution in [2.75, 3.05) is 13.1 Å². The maximum Gasteiger partial charge on any atom is 0.322 e. The molecule has 0 aliphatic heterocycles. The molecular formula is C36H25ClF2N4O10. The molecule has 14 nitrogen and oxygen atoms in total. The Kier molecular flexibility index (Phi) is 11.4. The van der Waals surface area contributed by atoms with Gasteiger partial charge in [0.25, 0.3) is 11.8 Å². The number of pyridine rings is 2. The molecule has 0 bridgehead atoms. The number of rotatable bonds is 10. The predicted molar refractivity (Wildman–Crippen MR) is 185 cm³/mol. The molecule has 6 aromatic rings. The molecule has 53 heavy (non-hydrogen) atoms. The van der Waals surface area contributed by atoms with Gasteiger partial charge in [0, 0.05) is 27.7 Å². The summed E-state index contributed by atoms with van der Waals surface area (Å²) in [5.41, 5.74) is -0.682. The van der Waals surface area contributed by atoms with Crippen molar-refractivity contribution in [2.45, 2.75) is 0 Å². The molecule has 6 N–H and O–H groups in total. The summed E-state index contributed by atoms with van der Waals surface area (Å²) in [4.78, 5) is 52.7. The fourth-order valence-electron chi connectivity index (χ4n) is 4.63. The third kappa shape index (κ3) is 9.39. The molecule has 17 heteroatoms. The van der Waals surface area contributed by atoms with E-state index in [2.05, 4.69) is 20.6 Å². The molecule has 0 atom stereocenters. The van der Waals surface area contributed by atoms with Gasteiger partial charge in [-0.1, -0.05) is 11.6 Å². The molecular weight excluding hydrogens is 722 g/mol. The lowest BCUT2D eigenvalue weighted by Gasteiger charge is -2.11. The van der Waals surface area contributed by atoms with Gasteiger partial charge in [0.2, 0.25) is 0 Å². The Balaban J connectivity index is 0.000000204. The van der Waals surface area contributed by atoms with Gasteiger partial charge in [0.1, 0.15) is 52.9 Å². The van der Waals surface area contributed by atoms with E-state index in [1.807, 2.05) is 0 Å². The van der Waals surface area contributed by atoms with E-state index in [1.54, 1.807) is 30.3 Å². The van der Waals surface area contributed by atoms with Crippen molar-refractivity contribution in [3.63, 3.8) is 0 Å². The smallest absolute Gasteiger partial charge is 0.322 e. The number of amides is 2. The van der Waals surface area contributed by atoms with Crippen LogP contribution in [0.4, 0.5) is 8.78 Å². The van der Waals surface area contributed by atoms with Crippen LogP contribution in [0.1, 0.15) is 21.0 Å². The zero-order valence-electron chi connectivity index (χ0n) is 26.8. The highest BCUT2D eigenvalue weighted by atomic mass is 35.5. The van der Waals surface area contributed by atoms with Gasteiger partial charge >= 0.3 is 11.9 Å². The number of hydrogen-bond acceptors (Lipinski definition) is 10. The molecule has 4 aromatic carbocycles. The molecule has 0 saturated carbocycles. The number of aromatic hydroxyl groups is 2. The second kappa shape index (κ2) is 16.3. The number of hydrogen-bond donors (Lipinski definition) is 6. The minimum Gasteiger partial charge on any atom is -0.505 e. The molecule has 270 valence electrons. The Morgan fingerprint density at radius 3 is 1.60 bits per heavy atom. The van der Waals surface area contributed by atoms with Gasteiger partial charge in [-0.05, 0) is 84.9 Å². The maximum atomic E-state index is 13.0. The topological polar surface area (TPSA) is 218 Å². The molecule has 0 aliphatic carbocycles. The zero-order valence-corrected chi connectivity index (χ0v) is 27.6. The number of halogens is 3. The lowest BCUT2D eigenvalue weighted by Crippen LogP contribution is -2.30. The number of aliphatic carboxylic acids is 2.